The van der Waals surface area contributed by atoms with Crippen LogP contribution in [0.4, 0.5) is 10.1 Å². The second-order valence-electron chi connectivity index (χ2n) is 5.25. The maximum absolute atomic E-state index is 12.9. The van der Waals surface area contributed by atoms with Crippen LogP contribution < -0.4 is 5.32 Å². The van der Waals surface area contributed by atoms with E-state index in [-0.39, 0.29) is 29.4 Å². The van der Waals surface area contributed by atoms with Crippen molar-refractivity contribution in [1.82, 2.24) is 4.90 Å². The number of ether oxygens (including phenoxy) is 1. The van der Waals surface area contributed by atoms with Crippen molar-refractivity contribution >= 4 is 29.2 Å². The molecule has 2 rings (SSSR count). The number of amides is 1. The summed E-state index contributed by atoms with van der Waals surface area (Å²) in [6, 6.07) is 3.82. The van der Waals surface area contributed by atoms with Crippen LogP contribution in [-0.4, -0.2) is 43.5 Å². The zero-order valence-electron chi connectivity index (χ0n) is 12.3. The number of carbonyl (C=O) groups is 2. The zero-order valence-corrected chi connectivity index (χ0v) is 13.0. The molecule has 1 aliphatic heterocycles. The lowest BCUT2D eigenvalue weighted by molar-refractivity contribution is -0.147. The van der Waals surface area contributed by atoms with E-state index in [1.54, 1.807) is 0 Å². The molecular weight excluding hydrogens is 311 g/mol. The quantitative estimate of drug-likeness (QED) is 0.862. The van der Waals surface area contributed by atoms with Crippen LogP contribution in [0.5, 0.6) is 0 Å². The van der Waals surface area contributed by atoms with Crippen LogP contribution >= 0.6 is 11.6 Å². The molecule has 1 saturated heterocycles. The van der Waals surface area contributed by atoms with E-state index >= 15 is 0 Å². The van der Waals surface area contributed by atoms with Gasteiger partial charge in [-0.1, -0.05) is 11.6 Å². The number of likely N-dealkylation sites (tertiary alicyclic amines) is 1. The Morgan fingerprint density at radius 3 is 2.68 bits per heavy atom. The second kappa shape index (κ2) is 7.56. The largest absolute Gasteiger partial charge is 0.469 e. The first kappa shape index (κ1) is 16.7. The first-order chi connectivity index (χ1) is 10.5. The number of hydrogen-bond acceptors (Lipinski definition) is 4. The maximum atomic E-state index is 12.9. The number of esters is 1. The van der Waals surface area contributed by atoms with Gasteiger partial charge in [0.15, 0.2) is 0 Å². The van der Waals surface area contributed by atoms with Gasteiger partial charge in [-0.25, -0.2) is 4.39 Å². The van der Waals surface area contributed by atoms with Crippen molar-refractivity contribution in [2.45, 2.75) is 12.8 Å². The molecule has 0 atom stereocenters. The number of rotatable bonds is 4. The van der Waals surface area contributed by atoms with Crippen LogP contribution in [0.1, 0.15) is 12.8 Å². The summed E-state index contributed by atoms with van der Waals surface area (Å²) in [5.41, 5.74) is 0.387. The number of nitrogens with zero attached hydrogens (tertiary/aromatic N) is 1. The van der Waals surface area contributed by atoms with Gasteiger partial charge in [-0.15, -0.1) is 0 Å². The molecule has 1 aliphatic rings. The fourth-order valence-electron chi connectivity index (χ4n) is 2.48. The van der Waals surface area contributed by atoms with E-state index in [4.69, 9.17) is 16.3 Å². The first-order valence-corrected chi connectivity index (χ1v) is 7.42. The van der Waals surface area contributed by atoms with Gasteiger partial charge >= 0.3 is 5.97 Å². The van der Waals surface area contributed by atoms with Crippen LogP contribution in [0, 0.1) is 11.7 Å². The average molecular weight is 329 g/mol. The van der Waals surface area contributed by atoms with E-state index in [1.807, 2.05) is 4.90 Å². The van der Waals surface area contributed by atoms with Gasteiger partial charge in [-0.05, 0) is 44.1 Å². The molecule has 7 heteroatoms. The van der Waals surface area contributed by atoms with Gasteiger partial charge in [0.25, 0.3) is 0 Å². The van der Waals surface area contributed by atoms with Gasteiger partial charge in [0, 0.05) is 0 Å². The third-order valence-electron chi connectivity index (χ3n) is 3.69. The Morgan fingerprint density at radius 2 is 2.09 bits per heavy atom. The number of anilines is 1. The van der Waals surface area contributed by atoms with Crippen molar-refractivity contribution in [1.29, 1.82) is 0 Å². The molecule has 120 valence electrons. The standard InChI is InChI=1S/C15H18ClFN2O3/c1-22-15(21)10-4-6-19(7-5-10)9-14(20)18-13-3-2-11(17)8-12(13)16/h2-3,8,10H,4-7,9H2,1H3,(H,18,20). The summed E-state index contributed by atoms with van der Waals surface area (Å²) < 4.78 is 17.7. The molecule has 0 aliphatic carbocycles. The highest BCUT2D eigenvalue weighted by atomic mass is 35.5. The average Bonchev–Trinajstić information content (AvgIpc) is 2.50. The molecule has 1 amide bonds. The normalized spacial score (nSPS) is 16.3. The Kier molecular flexibility index (Phi) is 5.74. The summed E-state index contributed by atoms with van der Waals surface area (Å²) in [5.74, 6) is -0.948. The van der Waals surface area contributed by atoms with Crippen molar-refractivity contribution in [2.24, 2.45) is 5.92 Å². The number of carbonyl (C=O) groups excluding carboxylic acids is 2. The summed E-state index contributed by atoms with van der Waals surface area (Å²) in [6.45, 7) is 1.52. The Bertz CT molecular complexity index is 560. The molecule has 0 bridgehead atoms. The summed E-state index contributed by atoms with van der Waals surface area (Å²) in [7, 11) is 1.38. The lowest BCUT2D eigenvalue weighted by Gasteiger charge is -2.29. The van der Waals surface area contributed by atoms with Crippen LogP contribution in [-0.2, 0) is 14.3 Å². The lowest BCUT2D eigenvalue weighted by Crippen LogP contribution is -2.41. The molecule has 0 saturated carbocycles. The minimum atomic E-state index is -0.451. The molecule has 22 heavy (non-hydrogen) atoms. The van der Waals surface area contributed by atoms with Gasteiger partial charge in [-0.3, -0.25) is 14.5 Å². The van der Waals surface area contributed by atoms with E-state index in [2.05, 4.69) is 5.32 Å². The summed E-state index contributed by atoms with van der Waals surface area (Å²) >= 11 is 5.87. The molecule has 1 aromatic carbocycles. The maximum Gasteiger partial charge on any atom is 0.308 e. The fraction of sp³-hybridized carbons (Fsp3) is 0.467. The molecule has 5 nitrogen and oxygen atoms in total. The molecule has 1 heterocycles. The van der Waals surface area contributed by atoms with E-state index in [0.29, 0.717) is 31.6 Å². The molecule has 0 spiro atoms. The number of hydrogen-bond donors (Lipinski definition) is 1. The van der Waals surface area contributed by atoms with Gasteiger partial charge < -0.3 is 10.1 Å². The van der Waals surface area contributed by atoms with Crippen molar-refractivity contribution < 1.29 is 18.7 Å². The minimum Gasteiger partial charge on any atom is -0.469 e. The summed E-state index contributed by atoms with van der Waals surface area (Å²) in [4.78, 5) is 25.4. The van der Waals surface area contributed by atoms with Crippen LogP contribution in [0.2, 0.25) is 5.02 Å². The number of halogens is 2. The van der Waals surface area contributed by atoms with Crippen molar-refractivity contribution in [3.63, 3.8) is 0 Å². The monoisotopic (exact) mass is 328 g/mol. The van der Waals surface area contributed by atoms with Gasteiger partial charge in [0.2, 0.25) is 5.91 Å². The van der Waals surface area contributed by atoms with Gasteiger partial charge in [0.1, 0.15) is 5.82 Å². The van der Waals surface area contributed by atoms with Crippen molar-refractivity contribution in [3.8, 4) is 0 Å². The van der Waals surface area contributed by atoms with Crippen molar-refractivity contribution in [3.05, 3.63) is 29.0 Å². The number of benzene rings is 1. The number of methoxy groups -OCH3 is 1. The number of piperidine rings is 1. The zero-order chi connectivity index (χ0) is 16.1. The van der Waals surface area contributed by atoms with E-state index < -0.39 is 5.82 Å². The van der Waals surface area contributed by atoms with Gasteiger partial charge in [0.05, 0.1) is 30.3 Å². The fourth-order valence-corrected chi connectivity index (χ4v) is 2.69. The highest BCUT2D eigenvalue weighted by Gasteiger charge is 2.26. The summed E-state index contributed by atoms with van der Waals surface area (Å²) in [6.07, 6.45) is 1.36. The highest BCUT2D eigenvalue weighted by molar-refractivity contribution is 6.33. The van der Waals surface area contributed by atoms with Crippen molar-refractivity contribution in [2.75, 3.05) is 32.1 Å². The second-order valence-corrected chi connectivity index (χ2v) is 5.65. The Labute approximate surface area is 133 Å². The molecule has 0 unspecified atom stereocenters. The molecule has 1 aromatic rings. The van der Waals surface area contributed by atoms with Gasteiger partial charge in [-0.2, -0.15) is 0 Å². The Balaban J connectivity index is 1.82. The molecule has 1 fully saturated rings. The minimum absolute atomic E-state index is 0.0872. The van der Waals surface area contributed by atoms with Crippen LogP contribution in [0.15, 0.2) is 18.2 Å². The topological polar surface area (TPSA) is 58.6 Å². The van der Waals surface area contributed by atoms with E-state index in [1.165, 1.54) is 19.2 Å². The molecule has 1 N–H and O–H groups in total. The summed E-state index contributed by atoms with van der Waals surface area (Å²) in [5, 5.41) is 2.82. The first-order valence-electron chi connectivity index (χ1n) is 7.04. The third kappa shape index (κ3) is 4.42. The van der Waals surface area contributed by atoms with E-state index in [0.717, 1.165) is 6.07 Å². The molecular formula is C15H18ClFN2O3. The third-order valence-corrected chi connectivity index (χ3v) is 4.01. The Morgan fingerprint density at radius 1 is 1.41 bits per heavy atom. The van der Waals surface area contributed by atoms with Crippen LogP contribution in [0.3, 0.4) is 0 Å². The Hall–Kier alpha value is -1.66. The van der Waals surface area contributed by atoms with Crippen LogP contribution in [0.25, 0.3) is 0 Å². The predicted molar refractivity (Wildman–Crippen MR) is 81.2 cm³/mol. The molecule has 0 aromatic heterocycles. The van der Waals surface area contributed by atoms with E-state index in [9.17, 15) is 14.0 Å². The number of nitrogens with one attached hydrogen (secondary N) is 1. The smallest absolute Gasteiger partial charge is 0.308 e. The predicted octanol–water partition coefficient (Wildman–Crippen LogP) is 2.30. The SMILES string of the molecule is COC(=O)C1CCN(CC(=O)Nc2ccc(F)cc2Cl)CC1. The lowest BCUT2D eigenvalue weighted by atomic mass is 9.97. The highest BCUT2D eigenvalue weighted by Crippen LogP contribution is 2.23. The molecule has 0 radical (unpaired) electrons.